The van der Waals surface area contributed by atoms with Gasteiger partial charge >= 0.3 is 11.9 Å². The van der Waals surface area contributed by atoms with Crippen LogP contribution in [0.2, 0.25) is 0 Å². The molecule has 1 amide bonds. The molecule has 8 nitrogen and oxygen atoms in total. The highest BCUT2D eigenvalue weighted by molar-refractivity contribution is 7.13. The molecule has 0 fully saturated rings. The Hall–Kier alpha value is -3.41. The van der Waals surface area contributed by atoms with Crippen molar-refractivity contribution in [1.82, 2.24) is 14.5 Å². The van der Waals surface area contributed by atoms with E-state index in [1.165, 1.54) is 32.9 Å². The Morgan fingerprint density at radius 2 is 1.88 bits per heavy atom. The Kier molecular flexibility index (Phi) is 7.60. The molecule has 0 aliphatic rings. The zero-order valence-electron chi connectivity index (χ0n) is 18.6. The largest absolute Gasteiger partial charge is 0.416 e. The number of hydrogen-bond donors (Lipinski definition) is 2. The van der Waals surface area contributed by atoms with E-state index in [0.29, 0.717) is 29.2 Å². The number of alkyl halides is 3. The molecule has 34 heavy (non-hydrogen) atoms. The van der Waals surface area contributed by atoms with E-state index < -0.39 is 28.9 Å². The molecular formula is C22H24F3N5O3S. The Labute approximate surface area is 196 Å². The maximum atomic E-state index is 13.0. The zero-order chi connectivity index (χ0) is 25.0. The molecule has 2 heterocycles. The standard InChI is InChI=1S/C22H24F3N5O3S/c1-3-5-10-30-18(26)17(19(32)28-21(30)33)29(4-2)16(31)11-15-12-34-20(27-15)13-6-8-14(9-7-13)22(23,24)25/h6-9,12H,3-5,10-11,26H2,1-2H3,(H,28,32,33). The predicted molar refractivity (Wildman–Crippen MR) is 125 cm³/mol. The number of nitrogens with one attached hydrogen (secondary N) is 1. The maximum absolute atomic E-state index is 13.0. The Bertz CT molecular complexity index is 1280. The fourth-order valence-corrected chi connectivity index (χ4v) is 4.23. The van der Waals surface area contributed by atoms with Crippen molar-refractivity contribution in [2.24, 2.45) is 0 Å². The molecule has 2 aromatic heterocycles. The van der Waals surface area contributed by atoms with Crippen LogP contribution < -0.4 is 21.9 Å². The van der Waals surface area contributed by atoms with Crippen LogP contribution in [0.4, 0.5) is 24.7 Å². The van der Waals surface area contributed by atoms with E-state index in [-0.39, 0.29) is 24.5 Å². The third-order valence-corrected chi connectivity index (χ3v) is 6.12. The predicted octanol–water partition coefficient (Wildman–Crippen LogP) is 3.66. The van der Waals surface area contributed by atoms with Crippen LogP contribution in [0.1, 0.15) is 37.9 Å². The maximum Gasteiger partial charge on any atom is 0.416 e. The number of halogens is 3. The Morgan fingerprint density at radius 1 is 1.21 bits per heavy atom. The number of carbonyl (C=O) groups excluding carboxylic acids is 1. The Balaban J connectivity index is 1.84. The highest BCUT2D eigenvalue weighted by atomic mass is 32.1. The van der Waals surface area contributed by atoms with Gasteiger partial charge in [0.25, 0.3) is 5.56 Å². The number of nitrogens with two attached hydrogens (primary N) is 1. The van der Waals surface area contributed by atoms with Gasteiger partial charge in [0.2, 0.25) is 5.91 Å². The van der Waals surface area contributed by atoms with Crippen LogP contribution in [0.25, 0.3) is 10.6 Å². The van der Waals surface area contributed by atoms with E-state index in [1.807, 2.05) is 6.92 Å². The first-order chi connectivity index (χ1) is 16.1. The number of aromatic amines is 1. The number of anilines is 2. The van der Waals surface area contributed by atoms with E-state index >= 15 is 0 Å². The summed E-state index contributed by atoms with van der Waals surface area (Å²) in [6, 6.07) is 4.60. The minimum absolute atomic E-state index is 0.0823. The van der Waals surface area contributed by atoms with Crippen molar-refractivity contribution in [3.63, 3.8) is 0 Å². The summed E-state index contributed by atoms with van der Waals surface area (Å²) in [4.78, 5) is 45.5. The summed E-state index contributed by atoms with van der Waals surface area (Å²) < 4.78 is 39.6. The number of thiazole rings is 1. The van der Waals surface area contributed by atoms with E-state index in [4.69, 9.17) is 5.73 Å². The number of rotatable bonds is 8. The van der Waals surface area contributed by atoms with Crippen LogP contribution in [0.5, 0.6) is 0 Å². The molecule has 0 spiro atoms. The van der Waals surface area contributed by atoms with Crippen molar-refractivity contribution in [2.45, 2.75) is 45.8 Å². The van der Waals surface area contributed by atoms with Crippen LogP contribution in [-0.2, 0) is 23.9 Å². The van der Waals surface area contributed by atoms with E-state index in [0.717, 1.165) is 18.6 Å². The van der Waals surface area contributed by atoms with Crippen LogP contribution >= 0.6 is 11.3 Å². The topological polar surface area (TPSA) is 114 Å². The number of aromatic nitrogens is 3. The normalized spacial score (nSPS) is 11.6. The summed E-state index contributed by atoms with van der Waals surface area (Å²) in [7, 11) is 0. The minimum Gasteiger partial charge on any atom is -0.383 e. The van der Waals surface area contributed by atoms with Gasteiger partial charge in [0, 0.05) is 24.0 Å². The number of H-pyrrole nitrogens is 1. The fraction of sp³-hybridized carbons (Fsp3) is 0.364. The second-order valence-corrected chi connectivity index (χ2v) is 8.39. The van der Waals surface area contributed by atoms with E-state index in [9.17, 15) is 27.6 Å². The number of carbonyl (C=O) groups is 1. The Morgan fingerprint density at radius 3 is 2.47 bits per heavy atom. The highest BCUT2D eigenvalue weighted by Crippen LogP contribution is 2.32. The number of nitrogens with zero attached hydrogens (tertiary/aromatic N) is 3. The van der Waals surface area contributed by atoms with Crippen molar-refractivity contribution < 1.29 is 18.0 Å². The molecule has 0 bridgehead atoms. The molecule has 0 aliphatic heterocycles. The number of benzene rings is 1. The molecule has 3 N–H and O–H groups in total. The fourth-order valence-electron chi connectivity index (χ4n) is 3.41. The molecule has 3 aromatic rings. The van der Waals surface area contributed by atoms with Gasteiger partial charge in [-0.15, -0.1) is 11.3 Å². The smallest absolute Gasteiger partial charge is 0.383 e. The molecule has 182 valence electrons. The summed E-state index contributed by atoms with van der Waals surface area (Å²) in [6.45, 7) is 4.06. The van der Waals surface area contributed by atoms with E-state index in [1.54, 1.807) is 12.3 Å². The minimum atomic E-state index is -4.43. The van der Waals surface area contributed by atoms with Crippen LogP contribution in [-0.4, -0.2) is 27.0 Å². The van der Waals surface area contributed by atoms with Crippen molar-refractivity contribution in [3.05, 3.63) is 61.7 Å². The molecule has 1 aromatic carbocycles. The van der Waals surface area contributed by atoms with Gasteiger partial charge in [-0.1, -0.05) is 25.5 Å². The lowest BCUT2D eigenvalue weighted by molar-refractivity contribution is -0.137. The lowest BCUT2D eigenvalue weighted by Gasteiger charge is -2.23. The first kappa shape index (κ1) is 25.2. The number of hydrogen-bond acceptors (Lipinski definition) is 6. The van der Waals surface area contributed by atoms with Crippen molar-refractivity contribution in [2.75, 3.05) is 17.2 Å². The number of unbranched alkanes of at least 4 members (excludes halogenated alkanes) is 1. The summed E-state index contributed by atoms with van der Waals surface area (Å²) in [6.07, 6.45) is -3.11. The summed E-state index contributed by atoms with van der Waals surface area (Å²) in [5.74, 6) is -0.536. The molecule has 0 aliphatic carbocycles. The molecule has 0 radical (unpaired) electrons. The van der Waals surface area contributed by atoms with Crippen LogP contribution in [0, 0.1) is 0 Å². The summed E-state index contributed by atoms with van der Waals surface area (Å²) >= 11 is 1.19. The quantitative estimate of drug-likeness (QED) is 0.495. The van der Waals surface area contributed by atoms with Crippen molar-refractivity contribution in [3.8, 4) is 10.6 Å². The third kappa shape index (κ3) is 5.38. The van der Waals surface area contributed by atoms with Gasteiger partial charge in [0.15, 0.2) is 5.69 Å². The average Bonchev–Trinajstić information content (AvgIpc) is 3.24. The average molecular weight is 496 g/mol. The number of nitrogen functional groups attached to an aromatic ring is 1. The molecule has 3 rings (SSSR count). The number of amides is 1. The van der Waals surface area contributed by atoms with Gasteiger partial charge in [-0.2, -0.15) is 13.2 Å². The van der Waals surface area contributed by atoms with Crippen LogP contribution in [0.15, 0.2) is 39.2 Å². The lowest BCUT2D eigenvalue weighted by Crippen LogP contribution is -2.41. The first-order valence-corrected chi connectivity index (χ1v) is 11.5. The van der Waals surface area contributed by atoms with Crippen molar-refractivity contribution >= 4 is 28.7 Å². The van der Waals surface area contributed by atoms with Gasteiger partial charge in [-0.05, 0) is 25.5 Å². The molecule has 0 atom stereocenters. The first-order valence-electron chi connectivity index (χ1n) is 10.6. The molecule has 12 heteroatoms. The number of likely N-dealkylation sites (N-methyl/N-ethyl adjacent to an activating group) is 1. The van der Waals surface area contributed by atoms with E-state index in [2.05, 4.69) is 9.97 Å². The van der Waals surface area contributed by atoms with Crippen molar-refractivity contribution in [1.29, 1.82) is 0 Å². The van der Waals surface area contributed by atoms with Gasteiger partial charge in [0.05, 0.1) is 17.7 Å². The lowest BCUT2D eigenvalue weighted by atomic mass is 10.1. The van der Waals surface area contributed by atoms with Gasteiger partial charge < -0.3 is 10.6 Å². The second-order valence-electron chi connectivity index (χ2n) is 7.53. The van der Waals surface area contributed by atoms with Gasteiger partial charge in [0.1, 0.15) is 10.8 Å². The van der Waals surface area contributed by atoms with Gasteiger partial charge in [-0.25, -0.2) is 9.78 Å². The highest BCUT2D eigenvalue weighted by Gasteiger charge is 2.30. The molecule has 0 unspecified atom stereocenters. The van der Waals surface area contributed by atoms with Gasteiger partial charge in [-0.3, -0.25) is 19.1 Å². The SMILES string of the molecule is CCCCn1c(N)c(N(CC)C(=O)Cc2csc(-c3ccc(C(F)(F)F)cc3)n2)c(=O)[nH]c1=O. The molecular weight excluding hydrogens is 471 g/mol. The molecule has 0 saturated carbocycles. The summed E-state index contributed by atoms with van der Waals surface area (Å²) in [5.41, 5.74) is 4.76. The zero-order valence-corrected chi connectivity index (χ0v) is 19.4. The van der Waals surface area contributed by atoms with Crippen LogP contribution in [0.3, 0.4) is 0 Å². The molecule has 0 saturated heterocycles. The second kappa shape index (κ2) is 10.2. The summed E-state index contributed by atoms with van der Waals surface area (Å²) in [5, 5.41) is 2.10. The third-order valence-electron chi connectivity index (χ3n) is 5.18. The monoisotopic (exact) mass is 495 g/mol.